The van der Waals surface area contributed by atoms with Gasteiger partial charge in [-0.1, -0.05) is 59.3 Å². The number of fused-ring (bicyclic) bond motifs is 3. The molecule has 6 rings (SSSR count). The molecule has 0 aliphatic heterocycles. The minimum Gasteiger partial charge on any atom is -0.420 e. The predicted molar refractivity (Wildman–Crippen MR) is 140 cm³/mol. The third-order valence-corrected chi connectivity index (χ3v) is 6.99. The molecule has 0 bridgehead atoms. The summed E-state index contributed by atoms with van der Waals surface area (Å²) in [6.45, 7) is 6.06. The molecule has 8 nitrogen and oxygen atoms in total. The molecule has 0 N–H and O–H groups in total. The Morgan fingerprint density at radius 1 is 0.861 bits per heavy atom. The molecule has 0 radical (unpaired) electrons. The molecule has 0 aliphatic carbocycles. The van der Waals surface area contributed by atoms with E-state index in [9.17, 15) is 4.79 Å². The Kier molecular flexibility index (Phi) is 5.41. The third-order valence-electron chi connectivity index (χ3n) is 6.08. The highest BCUT2D eigenvalue weighted by Crippen LogP contribution is 2.27. The minimum absolute atomic E-state index is 0.131. The Morgan fingerprint density at radius 2 is 1.64 bits per heavy atom. The van der Waals surface area contributed by atoms with E-state index in [1.807, 2.05) is 85.8 Å². The average Bonchev–Trinajstić information content (AvgIpc) is 3.52. The van der Waals surface area contributed by atoms with Crippen LogP contribution in [0, 0.1) is 20.8 Å². The number of rotatable bonds is 5. The van der Waals surface area contributed by atoms with Gasteiger partial charge in [-0.05, 0) is 56.7 Å². The van der Waals surface area contributed by atoms with E-state index >= 15 is 0 Å². The van der Waals surface area contributed by atoms with Crippen molar-refractivity contribution in [1.29, 1.82) is 0 Å². The fourth-order valence-electron chi connectivity index (χ4n) is 4.30. The van der Waals surface area contributed by atoms with Crippen molar-refractivity contribution in [1.82, 2.24) is 29.4 Å². The normalized spacial score (nSPS) is 11.5. The second kappa shape index (κ2) is 8.76. The monoisotopic (exact) mass is 494 g/mol. The molecule has 0 spiro atoms. The van der Waals surface area contributed by atoms with Crippen LogP contribution in [0.5, 0.6) is 0 Å². The Balaban J connectivity index is 1.42. The lowest BCUT2D eigenvalue weighted by Gasteiger charge is -2.13. The summed E-state index contributed by atoms with van der Waals surface area (Å²) >= 11 is 1.43. The summed E-state index contributed by atoms with van der Waals surface area (Å²) in [5.74, 6) is 1.83. The number of para-hydroxylation sites is 1. The maximum absolute atomic E-state index is 13.6. The van der Waals surface area contributed by atoms with Crippen LogP contribution in [-0.2, 0) is 5.75 Å². The van der Waals surface area contributed by atoms with E-state index in [-0.39, 0.29) is 5.56 Å². The quantitative estimate of drug-likeness (QED) is 0.300. The average molecular weight is 495 g/mol. The van der Waals surface area contributed by atoms with Crippen LogP contribution in [0.3, 0.4) is 0 Å². The van der Waals surface area contributed by atoms with Crippen molar-refractivity contribution in [2.24, 2.45) is 0 Å². The molecule has 0 fully saturated rings. The van der Waals surface area contributed by atoms with E-state index in [4.69, 9.17) is 4.42 Å². The van der Waals surface area contributed by atoms with Crippen LogP contribution in [0.15, 0.2) is 81.1 Å². The molecule has 0 aliphatic rings. The molecule has 0 saturated carbocycles. The van der Waals surface area contributed by atoms with Gasteiger partial charge in [0.1, 0.15) is 0 Å². The molecule has 3 heterocycles. The van der Waals surface area contributed by atoms with Crippen molar-refractivity contribution in [2.45, 2.75) is 31.7 Å². The summed E-state index contributed by atoms with van der Waals surface area (Å²) in [4.78, 5) is 13.6. The Bertz CT molecular complexity index is 1800. The van der Waals surface area contributed by atoms with E-state index < -0.39 is 0 Å². The largest absolute Gasteiger partial charge is 0.420 e. The van der Waals surface area contributed by atoms with Gasteiger partial charge >= 0.3 is 0 Å². The lowest BCUT2D eigenvalue weighted by atomic mass is 10.1. The number of thioether (sulfide) groups is 1. The molecular formula is C27H22N6O2S. The molecule has 6 aromatic rings. The topological polar surface area (TPSA) is 91.1 Å². The van der Waals surface area contributed by atoms with Crippen LogP contribution in [0.4, 0.5) is 0 Å². The SMILES string of the molecule is Cc1ccc(-c2nnc(CSc3nnc4n(-c5ccc(C)cc5C)c(=O)c5ccccc5n34)o2)cc1. The molecule has 36 heavy (non-hydrogen) atoms. The van der Waals surface area contributed by atoms with E-state index in [2.05, 4.69) is 26.5 Å². The zero-order chi connectivity index (χ0) is 24.8. The summed E-state index contributed by atoms with van der Waals surface area (Å²) in [5, 5.41) is 18.5. The van der Waals surface area contributed by atoms with E-state index in [1.54, 1.807) is 4.57 Å². The molecule has 178 valence electrons. The number of aromatic nitrogens is 6. The van der Waals surface area contributed by atoms with Crippen molar-refractivity contribution in [3.05, 3.63) is 99.7 Å². The highest BCUT2D eigenvalue weighted by molar-refractivity contribution is 7.98. The summed E-state index contributed by atoms with van der Waals surface area (Å²) in [6, 6.07) is 21.5. The molecular weight excluding hydrogens is 472 g/mol. The molecule has 0 unspecified atom stereocenters. The molecule has 0 saturated heterocycles. The number of hydrogen-bond donors (Lipinski definition) is 0. The number of benzene rings is 3. The van der Waals surface area contributed by atoms with Gasteiger partial charge in [-0.25, -0.2) is 4.57 Å². The zero-order valence-electron chi connectivity index (χ0n) is 20.0. The van der Waals surface area contributed by atoms with Crippen molar-refractivity contribution in [2.75, 3.05) is 0 Å². The van der Waals surface area contributed by atoms with Gasteiger partial charge in [0.2, 0.25) is 17.6 Å². The maximum Gasteiger partial charge on any atom is 0.267 e. The number of hydrogen-bond acceptors (Lipinski definition) is 7. The standard InChI is InChI=1S/C27H22N6O2S/c1-16-8-11-19(12-9-16)24-29-28-23(35-24)15-36-27-31-30-26-32(21-13-10-17(2)14-18(21)3)25(34)20-6-4-5-7-22(20)33(26)27/h4-14H,15H2,1-3H3. The van der Waals surface area contributed by atoms with Gasteiger partial charge in [0.25, 0.3) is 5.56 Å². The van der Waals surface area contributed by atoms with Crippen LogP contribution in [-0.4, -0.2) is 29.4 Å². The minimum atomic E-state index is -0.131. The van der Waals surface area contributed by atoms with Crippen molar-refractivity contribution >= 4 is 28.4 Å². The van der Waals surface area contributed by atoms with Gasteiger partial charge in [-0.15, -0.1) is 20.4 Å². The molecule has 3 aromatic carbocycles. The summed E-state index contributed by atoms with van der Waals surface area (Å²) < 4.78 is 9.44. The van der Waals surface area contributed by atoms with Gasteiger partial charge in [-0.2, -0.15) is 0 Å². The lowest BCUT2D eigenvalue weighted by Crippen LogP contribution is -2.22. The first-order valence-electron chi connectivity index (χ1n) is 11.5. The van der Waals surface area contributed by atoms with Crippen LogP contribution >= 0.6 is 11.8 Å². The first-order valence-corrected chi connectivity index (χ1v) is 12.5. The Morgan fingerprint density at radius 3 is 2.44 bits per heavy atom. The van der Waals surface area contributed by atoms with Crippen molar-refractivity contribution in [3.8, 4) is 17.1 Å². The highest BCUT2D eigenvalue weighted by Gasteiger charge is 2.19. The van der Waals surface area contributed by atoms with Crippen LogP contribution in [0.2, 0.25) is 0 Å². The molecule has 9 heteroatoms. The van der Waals surface area contributed by atoms with Gasteiger partial charge < -0.3 is 4.42 Å². The summed E-state index contributed by atoms with van der Waals surface area (Å²) in [7, 11) is 0. The second-order valence-electron chi connectivity index (χ2n) is 8.72. The van der Waals surface area contributed by atoms with E-state index in [0.717, 1.165) is 27.9 Å². The second-order valence-corrected chi connectivity index (χ2v) is 9.66. The van der Waals surface area contributed by atoms with Crippen LogP contribution in [0.1, 0.15) is 22.6 Å². The number of nitrogens with zero attached hydrogens (tertiary/aromatic N) is 6. The number of aryl methyl sites for hydroxylation is 3. The molecule has 0 amide bonds. The summed E-state index contributed by atoms with van der Waals surface area (Å²) in [6.07, 6.45) is 0. The fraction of sp³-hybridized carbons (Fsp3) is 0.148. The smallest absolute Gasteiger partial charge is 0.267 e. The maximum atomic E-state index is 13.6. The Hall–Kier alpha value is -4.24. The van der Waals surface area contributed by atoms with Crippen LogP contribution in [0.25, 0.3) is 33.8 Å². The van der Waals surface area contributed by atoms with Gasteiger partial charge in [0.05, 0.1) is 22.3 Å². The predicted octanol–water partition coefficient (Wildman–Crippen LogP) is 5.30. The summed E-state index contributed by atoms with van der Waals surface area (Å²) in [5.41, 5.74) is 5.56. The molecule has 3 aromatic heterocycles. The van der Waals surface area contributed by atoms with Gasteiger partial charge in [0.15, 0.2) is 5.16 Å². The highest BCUT2D eigenvalue weighted by atomic mass is 32.2. The van der Waals surface area contributed by atoms with Crippen LogP contribution < -0.4 is 5.56 Å². The molecule has 0 atom stereocenters. The van der Waals surface area contributed by atoms with E-state index in [0.29, 0.717) is 33.9 Å². The van der Waals surface area contributed by atoms with Crippen molar-refractivity contribution < 1.29 is 4.42 Å². The first kappa shape index (κ1) is 22.2. The van der Waals surface area contributed by atoms with E-state index in [1.165, 1.54) is 17.3 Å². The van der Waals surface area contributed by atoms with Gasteiger partial charge in [0, 0.05) is 5.56 Å². The van der Waals surface area contributed by atoms with Gasteiger partial charge in [-0.3, -0.25) is 9.20 Å². The fourth-order valence-corrected chi connectivity index (χ4v) is 5.07. The third kappa shape index (κ3) is 3.77. The Labute approximate surface area is 210 Å². The zero-order valence-corrected chi connectivity index (χ0v) is 20.8. The first-order chi connectivity index (χ1) is 17.5. The van der Waals surface area contributed by atoms with Crippen molar-refractivity contribution in [3.63, 3.8) is 0 Å². The lowest BCUT2D eigenvalue weighted by molar-refractivity contribution is 0.528.